The largest absolute Gasteiger partial charge is 0.493 e. The number of carbonyl (C=O) groups excluding carboxylic acids is 2. The molecule has 0 saturated heterocycles. The van der Waals surface area contributed by atoms with Crippen molar-refractivity contribution >= 4 is 21.0 Å². The standard InChI is InChI=1S/C20H32O6Si/c1-13(21)26-18-10-14(16(20(2,3)4)11-17(18)23-5)9-15(19(22)24-6)12-25-27(7)8/h10-11,15,27H,9,12H2,1-8H3. The van der Waals surface area contributed by atoms with E-state index in [4.69, 9.17) is 18.6 Å². The highest BCUT2D eigenvalue weighted by molar-refractivity contribution is 6.48. The lowest BCUT2D eigenvalue weighted by atomic mass is 9.81. The molecule has 6 nitrogen and oxygen atoms in total. The monoisotopic (exact) mass is 396 g/mol. The Labute approximate surface area is 163 Å². The molecule has 0 heterocycles. The van der Waals surface area contributed by atoms with E-state index in [1.54, 1.807) is 6.07 Å². The van der Waals surface area contributed by atoms with E-state index in [-0.39, 0.29) is 11.4 Å². The van der Waals surface area contributed by atoms with Crippen molar-refractivity contribution in [1.82, 2.24) is 0 Å². The highest BCUT2D eigenvalue weighted by atomic mass is 28.3. The lowest BCUT2D eigenvalue weighted by Gasteiger charge is -2.26. The fraction of sp³-hybridized carbons (Fsp3) is 0.600. The number of benzene rings is 1. The molecule has 1 aromatic carbocycles. The second-order valence-electron chi connectivity index (χ2n) is 7.81. The second-order valence-corrected chi connectivity index (χ2v) is 10.2. The van der Waals surface area contributed by atoms with Crippen LogP contribution in [0, 0.1) is 5.92 Å². The minimum absolute atomic E-state index is 0.189. The van der Waals surface area contributed by atoms with Gasteiger partial charge in [0.05, 0.1) is 20.1 Å². The van der Waals surface area contributed by atoms with E-state index in [1.807, 2.05) is 6.07 Å². The molecule has 0 radical (unpaired) electrons. The van der Waals surface area contributed by atoms with Crippen LogP contribution in [0.25, 0.3) is 0 Å². The predicted octanol–water partition coefficient (Wildman–Crippen LogP) is 3.25. The van der Waals surface area contributed by atoms with Crippen molar-refractivity contribution in [2.45, 2.75) is 52.6 Å². The molecule has 0 aromatic heterocycles. The zero-order valence-corrected chi connectivity index (χ0v) is 18.8. The topological polar surface area (TPSA) is 71.1 Å². The number of carbonyl (C=O) groups is 2. The van der Waals surface area contributed by atoms with Gasteiger partial charge in [0.25, 0.3) is 0 Å². The lowest BCUT2D eigenvalue weighted by Crippen LogP contribution is -2.28. The number of esters is 2. The molecule has 1 rings (SSSR count). The van der Waals surface area contributed by atoms with Crippen molar-refractivity contribution in [3.8, 4) is 11.5 Å². The predicted molar refractivity (Wildman–Crippen MR) is 107 cm³/mol. The van der Waals surface area contributed by atoms with E-state index < -0.39 is 20.9 Å². The average Bonchev–Trinajstić information content (AvgIpc) is 2.56. The molecule has 0 aliphatic rings. The zero-order chi connectivity index (χ0) is 20.8. The van der Waals surface area contributed by atoms with Crippen molar-refractivity contribution in [3.63, 3.8) is 0 Å². The maximum absolute atomic E-state index is 12.3. The van der Waals surface area contributed by atoms with Crippen molar-refractivity contribution in [2.24, 2.45) is 5.92 Å². The van der Waals surface area contributed by atoms with Crippen LogP contribution in [0.1, 0.15) is 38.8 Å². The van der Waals surface area contributed by atoms with Crippen molar-refractivity contribution in [3.05, 3.63) is 23.3 Å². The van der Waals surface area contributed by atoms with Gasteiger partial charge in [-0.2, -0.15) is 0 Å². The Morgan fingerprint density at radius 3 is 2.19 bits per heavy atom. The van der Waals surface area contributed by atoms with Crippen LogP contribution in [-0.4, -0.2) is 41.8 Å². The van der Waals surface area contributed by atoms with Crippen LogP contribution < -0.4 is 9.47 Å². The summed E-state index contributed by atoms with van der Waals surface area (Å²) in [6.07, 6.45) is 0.429. The molecular weight excluding hydrogens is 364 g/mol. The molecule has 0 amide bonds. The SMILES string of the molecule is COC(=O)C(CO[SiH](C)C)Cc1cc(OC(C)=O)c(OC)cc1C(C)(C)C. The molecule has 7 heteroatoms. The van der Waals surface area contributed by atoms with Gasteiger partial charge < -0.3 is 18.6 Å². The van der Waals surface area contributed by atoms with Crippen LogP contribution >= 0.6 is 0 Å². The van der Waals surface area contributed by atoms with E-state index in [2.05, 4.69) is 33.9 Å². The molecule has 0 bridgehead atoms. The average molecular weight is 397 g/mol. The smallest absolute Gasteiger partial charge is 0.311 e. The van der Waals surface area contributed by atoms with E-state index in [9.17, 15) is 9.59 Å². The Balaban J connectivity index is 3.38. The van der Waals surface area contributed by atoms with E-state index in [1.165, 1.54) is 21.1 Å². The summed E-state index contributed by atoms with van der Waals surface area (Å²) < 4.78 is 21.5. The van der Waals surface area contributed by atoms with Crippen molar-refractivity contribution in [1.29, 1.82) is 0 Å². The first kappa shape index (κ1) is 23.2. The number of methoxy groups -OCH3 is 2. The molecule has 0 fully saturated rings. The van der Waals surface area contributed by atoms with Gasteiger partial charge in [-0.3, -0.25) is 9.59 Å². The Bertz CT molecular complexity index is 663. The van der Waals surface area contributed by atoms with Gasteiger partial charge in [-0.25, -0.2) is 0 Å². The van der Waals surface area contributed by atoms with Gasteiger partial charge in [0.1, 0.15) is 0 Å². The van der Waals surface area contributed by atoms with Gasteiger partial charge in [0, 0.05) is 13.5 Å². The van der Waals surface area contributed by atoms with Crippen LogP contribution in [0.2, 0.25) is 13.1 Å². The highest BCUT2D eigenvalue weighted by Gasteiger charge is 2.27. The normalized spacial score (nSPS) is 12.6. The molecule has 27 heavy (non-hydrogen) atoms. The fourth-order valence-electron chi connectivity index (χ4n) is 2.81. The third kappa shape index (κ3) is 6.99. The summed E-state index contributed by atoms with van der Waals surface area (Å²) in [5.74, 6) is -0.338. The molecule has 0 aliphatic heterocycles. The summed E-state index contributed by atoms with van der Waals surface area (Å²) in [6.45, 7) is 12.0. The molecule has 152 valence electrons. The Morgan fingerprint density at radius 2 is 1.74 bits per heavy atom. The van der Waals surface area contributed by atoms with Crippen molar-refractivity contribution < 1.29 is 28.2 Å². The Kier molecular flexibility index (Phi) is 8.49. The van der Waals surface area contributed by atoms with Crippen LogP contribution in [0.5, 0.6) is 11.5 Å². The van der Waals surface area contributed by atoms with Crippen LogP contribution in [0.4, 0.5) is 0 Å². The summed E-state index contributed by atoms with van der Waals surface area (Å²) >= 11 is 0. The van der Waals surface area contributed by atoms with E-state index in [0.717, 1.165) is 11.1 Å². The Morgan fingerprint density at radius 1 is 1.11 bits per heavy atom. The van der Waals surface area contributed by atoms with Gasteiger partial charge in [0.2, 0.25) is 0 Å². The van der Waals surface area contributed by atoms with Gasteiger partial charge in [-0.15, -0.1) is 0 Å². The summed E-state index contributed by atoms with van der Waals surface area (Å²) in [7, 11) is 1.64. The lowest BCUT2D eigenvalue weighted by molar-refractivity contribution is -0.146. The minimum Gasteiger partial charge on any atom is -0.493 e. The molecule has 0 aliphatic carbocycles. The molecule has 1 aromatic rings. The fourth-order valence-corrected chi connectivity index (χ4v) is 3.43. The molecule has 0 saturated carbocycles. The summed E-state index contributed by atoms with van der Waals surface area (Å²) in [6, 6.07) is 3.66. The van der Waals surface area contributed by atoms with E-state index >= 15 is 0 Å². The molecule has 1 unspecified atom stereocenters. The first-order chi connectivity index (χ1) is 12.5. The zero-order valence-electron chi connectivity index (χ0n) is 17.7. The van der Waals surface area contributed by atoms with E-state index in [0.29, 0.717) is 24.5 Å². The minimum atomic E-state index is -1.27. The van der Waals surface area contributed by atoms with Gasteiger partial charge in [-0.05, 0) is 48.2 Å². The quantitative estimate of drug-likeness (QED) is 0.382. The van der Waals surface area contributed by atoms with Crippen molar-refractivity contribution in [2.75, 3.05) is 20.8 Å². The molecule has 1 atom stereocenters. The van der Waals surface area contributed by atoms with Crippen LogP contribution in [0.15, 0.2) is 12.1 Å². The maximum Gasteiger partial charge on any atom is 0.311 e. The second kappa shape index (κ2) is 9.89. The van der Waals surface area contributed by atoms with Gasteiger partial charge in [-0.1, -0.05) is 20.8 Å². The number of hydrogen-bond acceptors (Lipinski definition) is 6. The summed E-state index contributed by atoms with van der Waals surface area (Å²) in [4.78, 5) is 23.7. The highest BCUT2D eigenvalue weighted by Crippen LogP contribution is 2.37. The summed E-state index contributed by atoms with van der Waals surface area (Å²) in [5.41, 5.74) is 1.74. The first-order valence-electron chi connectivity index (χ1n) is 9.08. The number of hydrogen-bond donors (Lipinski definition) is 0. The number of ether oxygens (including phenoxy) is 3. The molecule has 0 spiro atoms. The molecular formula is C20H32O6Si. The first-order valence-corrected chi connectivity index (χ1v) is 11.9. The van der Waals surface area contributed by atoms with Gasteiger partial charge >= 0.3 is 11.9 Å². The van der Waals surface area contributed by atoms with Crippen LogP contribution in [0.3, 0.4) is 0 Å². The van der Waals surface area contributed by atoms with Gasteiger partial charge in [0.15, 0.2) is 20.5 Å². The third-order valence-corrected chi connectivity index (χ3v) is 4.94. The number of rotatable bonds is 8. The Hall–Kier alpha value is -1.86. The molecule has 0 N–H and O–H groups in total. The maximum atomic E-state index is 12.3. The summed E-state index contributed by atoms with van der Waals surface area (Å²) in [5, 5.41) is 0. The van der Waals surface area contributed by atoms with Crippen LogP contribution in [-0.2, 0) is 30.6 Å². The third-order valence-electron chi connectivity index (χ3n) is 4.08.